The fourth-order valence-electron chi connectivity index (χ4n) is 3.77. The van der Waals surface area contributed by atoms with Gasteiger partial charge in [-0.3, -0.25) is 4.79 Å². The van der Waals surface area contributed by atoms with Crippen LogP contribution in [-0.4, -0.2) is 28.8 Å². The molecule has 1 saturated heterocycles. The highest BCUT2D eigenvalue weighted by Crippen LogP contribution is 2.60. The molecule has 3 rings (SSSR count). The number of alkyl halides is 1. The Hall–Kier alpha value is -0.240. The summed E-state index contributed by atoms with van der Waals surface area (Å²) in [6.45, 7) is 0.996. The number of hydrogen-bond acceptors (Lipinski definition) is 1. The fourth-order valence-corrected chi connectivity index (χ4v) is 3.91. The Bertz CT molecular complexity index is 274. The number of amides is 1. The van der Waals surface area contributed by atoms with Gasteiger partial charge >= 0.3 is 0 Å². The Morgan fingerprint density at radius 3 is 2.86 bits per heavy atom. The van der Waals surface area contributed by atoms with Crippen LogP contribution in [0.25, 0.3) is 0 Å². The van der Waals surface area contributed by atoms with Crippen LogP contribution in [0.1, 0.15) is 32.1 Å². The molecule has 3 aliphatic rings. The van der Waals surface area contributed by atoms with Crippen LogP contribution in [0, 0.1) is 11.8 Å². The highest BCUT2D eigenvalue weighted by atomic mass is 35.5. The Labute approximate surface area is 89.6 Å². The van der Waals surface area contributed by atoms with Gasteiger partial charge in [-0.15, -0.1) is 11.6 Å². The van der Waals surface area contributed by atoms with E-state index in [2.05, 4.69) is 4.90 Å². The van der Waals surface area contributed by atoms with Crippen molar-refractivity contribution in [1.82, 2.24) is 4.90 Å². The summed E-state index contributed by atoms with van der Waals surface area (Å²) in [5, 5.41) is 0. The molecule has 2 saturated carbocycles. The molecule has 14 heavy (non-hydrogen) atoms. The minimum absolute atomic E-state index is 0.165. The highest BCUT2D eigenvalue weighted by Gasteiger charge is 2.62. The molecule has 0 aromatic heterocycles. The van der Waals surface area contributed by atoms with Gasteiger partial charge in [-0.1, -0.05) is 6.42 Å². The SMILES string of the molecule is O=C(CCl)N1C[C@@H]2CCC[C@@H]2C12CC2. The van der Waals surface area contributed by atoms with E-state index in [1.807, 2.05) is 0 Å². The summed E-state index contributed by atoms with van der Waals surface area (Å²) >= 11 is 5.65. The van der Waals surface area contributed by atoms with Crippen molar-refractivity contribution in [1.29, 1.82) is 0 Å². The van der Waals surface area contributed by atoms with Gasteiger partial charge in [0.1, 0.15) is 5.88 Å². The number of rotatable bonds is 1. The zero-order valence-corrected chi connectivity index (χ0v) is 9.09. The van der Waals surface area contributed by atoms with Gasteiger partial charge in [0.15, 0.2) is 0 Å². The average Bonchev–Trinajstić information content (AvgIpc) is 2.74. The molecule has 3 fully saturated rings. The van der Waals surface area contributed by atoms with E-state index in [0.717, 1.165) is 18.4 Å². The van der Waals surface area contributed by atoms with Crippen molar-refractivity contribution in [3.05, 3.63) is 0 Å². The van der Waals surface area contributed by atoms with Crippen molar-refractivity contribution in [3.8, 4) is 0 Å². The van der Waals surface area contributed by atoms with E-state index in [1.165, 1.54) is 32.1 Å². The molecule has 2 atom stereocenters. The van der Waals surface area contributed by atoms with Crippen LogP contribution in [-0.2, 0) is 4.79 Å². The summed E-state index contributed by atoms with van der Waals surface area (Å²) < 4.78 is 0. The zero-order valence-electron chi connectivity index (χ0n) is 8.34. The smallest absolute Gasteiger partial charge is 0.237 e. The molecule has 1 aliphatic heterocycles. The van der Waals surface area contributed by atoms with Crippen LogP contribution < -0.4 is 0 Å². The lowest BCUT2D eigenvalue weighted by atomic mass is 9.92. The second kappa shape index (κ2) is 2.88. The largest absolute Gasteiger partial charge is 0.335 e. The molecule has 2 aliphatic carbocycles. The topological polar surface area (TPSA) is 20.3 Å². The van der Waals surface area contributed by atoms with Crippen molar-refractivity contribution in [2.75, 3.05) is 12.4 Å². The van der Waals surface area contributed by atoms with Crippen LogP contribution >= 0.6 is 11.6 Å². The number of halogens is 1. The first kappa shape index (κ1) is 9.02. The predicted octanol–water partition coefficient (Wildman–Crippen LogP) is 2.02. The average molecular weight is 214 g/mol. The minimum Gasteiger partial charge on any atom is -0.335 e. The Morgan fingerprint density at radius 1 is 1.43 bits per heavy atom. The third-order valence-electron chi connectivity index (χ3n) is 4.48. The van der Waals surface area contributed by atoms with E-state index >= 15 is 0 Å². The highest BCUT2D eigenvalue weighted by molar-refractivity contribution is 6.27. The van der Waals surface area contributed by atoms with Crippen LogP contribution in [0.2, 0.25) is 0 Å². The molecule has 78 valence electrons. The lowest BCUT2D eigenvalue weighted by Gasteiger charge is -2.27. The number of carbonyl (C=O) groups excluding carboxylic acids is 1. The van der Waals surface area contributed by atoms with E-state index in [4.69, 9.17) is 11.6 Å². The maximum atomic E-state index is 11.7. The molecule has 0 aromatic carbocycles. The van der Waals surface area contributed by atoms with Crippen LogP contribution in [0.4, 0.5) is 0 Å². The van der Waals surface area contributed by atoms with Gasteiger partial charge < -0.3 is 4.90 Å². The third-order valence-corrected chi connectivity index (χ3v) is 4.71. The Kier molecular flexibility index (Phi) is 1.85. The van der Waals surface area contributed by atoms with Gasteiger partial charge in [0.05, 0.1) is 0 Å². The summed E-state index contributed by atoms with van der Waals surface area (Å²) in [6, 6.07) is 0. The lowest BCUT2D eigenvalue weighted by Crippen LogP contribution is -2.40. The van der Waals surface area contributed by atoms with Gasteiger partial charge in [0.2, 0.25) is 5.91 Å². The van der Waals surface area contributed by atoms with Gasteiger partial charge in [-0.25, -0.2) is 0 Å². The first-order valence-electron chi connectivity index (χ1n) is 5.64. The number of hydrogen-bond donors (Lipinski definition) is 0. The van der Waals surface area contributed by atoms with E-state index in [-0.39, 0.29) is 17.3 Å². The molecule has 3 heteroatoms. The quantitative estimate of drug-likeness (QED) is 0.611. The fraction of sp³-hybridized carbons (Fsp3) is 0.909. The van der Waals surface area contributed by atoms with E-state index in [1.54, 1.807) is 0 Å². The summed E-state index contributed by atoms with van der Waals surface area (Å²) in [7, 11) is 0. The van der Waals surface area contributed by atoms with Gasteiger partial charge in [-0.05, 0) is 37.5 Å². The van der Waals surface area contributed by atoms with Crippen molar-refractivity contribution in [2.45, 2.75) is 37.6 Å². The van der Waals surface area contributed by atoms with E-state index in [0.29, 0.717) is 0 Å². The zero-order chi connectivity index (χ0) is 9.76. The molecule has 0 unspecified atom stereocenters. The van der Waals surface area contributed by atoms with Crippen molar-refractivity contribution in [3.63, 3.8) is 0 Å². The Morgan fingerprint density at radius 2 is 2.21 bits per heavy atom. The number of carbonyl (C=O) groups is 1. The molecule has 0 aromatic rings. The minimum atomic E-state index is 0.165. The molecule has 1 spiro atoms. The maximum absolute atomic E-state index is 11.7. The number of fused-ring (bicyclic) bond motifs is 2. The van der Waals surface area contributed by atoms with Gasteiger partial charge in [0, 0.05) is 12.1 Å². The summed E-state index contributed by atoms with van der Waals surface area (Å²) in [6.07, 6.45) is 6.52. The number of likely N-dealkylation sites (tertiary alicyclic amines) is 1. The molecule has 2 nitrogen and oxygen atoms in total. The summed E-state index contributed by atoms with van der Waals surface area (Å²) in [4.78, 5) is 13.8. The molecule has 0 N–H and O–H groups in total. The van der Waals surface area contributed by atoms with Gasteiger partial charge in [0.25, 0.3) is 0 Å². The Balaban J connectivity index is 1.86. The van der Waals surface area contributed by atoms with Crippen molar-refractivity contribution in [2.24, 2.45) is 11.8 Å². The maximum Gasteiger partial charge on any atom is 0.237 e. The lowest BCUT2D eigenvalue weighted by molar-refractivity contribution is -0.130. The standard InChI is InChI=1S/C11H16ClNO/c12-6-10(14)13-7-8-2-1-3-9(8)11(13)4-5-11/h8-9H,1-7H2/t8-,9-/m0/s1. The summed E-state index contributed by atoms with van der Waals surface area (Å²) in [5.74, 6) is 1.94. The van der Waals surface area contributed by atoms with E-state index in [9.17, 15) is 4.79 Å². The first-order chi connectivity index (χ1) is 6.78. The van der Waals surface area contributed by atoms with Crippen molar-refractivity contribution >= 4 is 17.5 Å². The third kappa shape index (κ3) is 1.01. The van der Waals surface area contributed by atoms with Crippen LogP contribution in [0.3, 0.4) is 0 Å². The van der Waals surface area contributed by atoms with Crippen molar-refractivity contribution < 1.29 is 4.79 Å². The molecular weight excluding hydrogens is 198 g/mol. The second-order valence-electron chi connectivity index (χ2n) is 5.04. The monoisotopic (exact) mass is 213 g/mol. The first-order valence-corrected chi connectivity index (χ1v) is 6.18. The molecule has 0 radical (unpaired) electrons. The predicted molar refractivity (Wildman–Crippen MR) is 55.2 cm³/mol. The number of nitrogens with zero attached hydrogens (tertiary/aromatic N) is 1. The molecule has 0 bridgehead atoms. The second-order valence-corrected chi connectivity index (χ2v) is 5.31. The van der Waals surface area contributed by atoms with Crippen LogP contribution in [0.15, 0.2) is 0 Å². The normalized spacial score (nSPS) is 37.6. The molecule has 1 amide bonds. The van der Waals surface area contributed by atoms with Crippen LogP contribution in [0.5, 0.6) is 0 Å². The molecular formula is C11H16ClNO. The van der Waals surface area contributed by atoms with E-state index < -0.39 is 0 Å². The van der Waals surface area contributed by atoms with Gasteiger partial charge in [-0.2, -0.15) is 0 Å². The summed E-state index contributed by atoms with van der Waals surface area (Å²) in [5.41, 5.74) is 0.285. The molecule has 1 heterocycles.